The molecule has 0 radical (unpaired) electrons. The van der Waals surface area contributed by atoms with Crippen LogP contribution in [0, 0.1) is 0 Å². The van der Waals surface area contributed by atoms with Crippen molar-refractivity contribution in [1.29, 1.82) is 0 Å². The second-order valence-electron chi connectivity index (χ2n) is 4.97. The fraction of sp³-hybridized carbons (Fsp3) is 0.176. The Bertz CT molecular complexity index is 649. The van der Waals surface area contributed by atoms with Crippen molar-refractivity contribution in [2.45, 2.75) is 18.8 Å². The molecule has 0 aliphatic heterocycles. The molecule has 1 N–H and O–H groups in total. The summed E-state index contributed by atoms with van der Waals surface area (Å²) in [5.41, 5.74) is 2.76. The smallest absolute Gasteiger partial charge is 0.257 e. The Hall–Kier alpha value is -2.42. The van der Waals surface area contributed by atoms with E-state index in [9.17, 15) is 9.59 Å². The molecule has 2 aromatic rings. The van der Waals surface area contributed by atoms with Gasteiger partial charge >= 0.3 is 0 Å². The number of fused-ring (bicyclic) bond motifs is 1. The number of amides is 2. The Morgan fingerprint density at radius 3 is 2.45 bits per heavy atom. The maximum Gasteiger partial charge on any atom is 0.257 e. The second kappa shape index (κ2) is 5.29. The number of hydrogen-bond acceptors (Lipinski definition) is 2. The van der Waals surface area contributed by atoms with Crippen molar-refractivity contribution < 1.29 is 9.59 Å². The van der Waals surface area contributed by atoms with Crippen molar-refractivity contribution in [2.75, 3.05) is 0 Å². The van der Waals surface area contributed by atoms with Gasteiger partial charge in [0.2, 0.25) is 5.91 Å². The summed E-state index contributed by atoms with van der Waals surface area (Å²) in [6.07, 6.45) is 1.67. The number of imide groups is 1. The van der Waals surface area contributed by atoms with Crippen LogP contribution in [0.1, 0.15) is 33.8 Å². The average Bonchev–Trinajstić information content (AvgIpc) is 2.92. The van der Waals surface area contributed by atoms with Crippen molar-refractivity contribution in [3.63, 3.8) is 0 Å². The summed E-state index contributed by atoms with van der Waals surface area (Å²) in [7, 11) is 0. The number of hydrogen-bond donors (Lipinski definition) is 1. The summed E-state index contributed by atoms with van der Waals surface area (Å²) in [6.45, 7) is 0. The van der Waals surface area contributed by atoms with Crippen LogP contribution in [0.15, 0.2) is 54.6 Å². The molecule has 1 aliphatic carbocycles. The van der Waals surface area contributed by atoms with E-state index in [1.807, 2.05) is 30.3 Å². The Morgan fingerprint density at radius 2 is 1.65 bits per heavy atom. The van der Waals surface area contributed by atoms with Crippen LogP contribution in [0.2, 0.25) is 0 Å². The summed E-state index contributed by atoms with van der Waals surface area (Å²) in [5, 5.41) is 2.50. The Morgan fingerprint density at radius 1 is 0.950 bits per heavy atom. The molecule has 2 aromatic carbocycles. The summed E-state index contributed by atoms with van der Waals surface area (Å²) < 4.78 is 0. The zero-order valence-electron chi connectivity index (χ0n) is 11.0. The summed E-state index contributed by atoms with van der Waals surface area (Å²) >= 11 is 0. The third kappa shape index (κ3) is 2.35. The number of nitrogens with one attached hydrogen (secondary N) is 1. The Kier molecular flexibility index (Phi) is 3.33. The first-order valence-electron chi connectivity index (χ1n) is 6.74. The minimum absolute atomic E-state index is 0.205. The first kappa shape index (κ1) is 12.6. The fourth-order valence-electron chi connectivity index (χ4n) is 2.69. The summed E-state index contributed by atoms with van der Waals surface area (Å²) in [6, 6.07) is 16.7. The molecule has 3 heteroatoms. The predicted octanol–water partition coefficient (Wildman–Crippen LogP) is 2.67. The van der Waals surface area contributed by atoms with E-state index in [4.69, 9.17) is 0 Å². The van der Waals surface area contributed by atoms with Gasteiger partial charge in [-0.15, -0.1) is 0 Å². The SMILES string of the molecule is O=C(NC(=O)C1CCc2ccccc21)c1ccccc1. The largest absolute Gasteiger partial charge is 0.292 e. The van der Waals surface area contributed by atoms with Crippen molar-refractivity contribution in [3.05, 3.63) is 71.3 Å². The summed E-state index contributed by atoms with van der Waals surface area (Å²) in [5.74, 6) is -0.748. The minimum Gasteiger partial charge on any atom is -0.292 e. The lowest BCUT2D eigenvalue weighted by molar-refractivity contribution is -0.121. The fourth-order valence-corrected chi connectivity index (χ4v) is 2.69. The van der Waals surface area contributed by atoms with Crippen molar-refractivity contribution in [2.24, 2.45) is 0 Å². The van der Waals surface area contributed by atoms with Crippen LogP contribution in [0.3, 0.4) is 0 Å². The van der Waals surface area contributed by atoms with Crippen LogP contribution in [0.5, 0.6) is 0 Å². The van der Waals surface area contributed by atoms with Crippen LogP contribution in [0.4, 0.5) is 0 Å². The topological polar surface area (TPSA) is 46.2 Å². The van der Waals surface area contributed by atoms with E-state index < -0.39 is 0 Å². The maximum absolute atomic E-state index is 12.3. The van der Waals surface area contributed by atoms with Crippen LogP contribution in [-0.2, 0) is 11.2 Å². The summed E-state index contributed by atoms with van der Waals surface area (Å²) in [4.78, 5) is 24.3. The highest BCUT2D eigenvalue weighted by Gasteiger charge is 2.29. The highest BCUT2D eigenvalue weighted by Crippen LogP contribution is 2.32. The average molecular weight is 265 g/mol. The molecule has 0 saturated heterocycles. The Balaban J connectivity index is 1.74. The lowest BCUT2D eigenvalue weighted by atomic mass is 10.0. The third-order valence-corrected chi connectivity index (χ3v) is 3.72. The highest BCUT2D eigenvalue weighted by molar-refractivity contribution is 6.06. The molecule has 2 amide bonds. The molecular formula is C17H15NO2. The molecule has 20 heavy (non-hydrogen) atoms. The first-order chi connectivity index (χ1) is 9.75. The zero-order valence-corrected chi connectivity index (χ0v) is 11.0. The van der Waals surface area contributed by atoms with Gasteiger partial charge in [-0.25, -0.2) is 0 Å². The molecule has 0 fully saturated rings. The van der Waals surface area contributed by atoms with Gasteiger partial charge in [-0.1, -0.05) is 42.5 Å². The molecule has 3 nitrogen and oxygen atoms in total. The molecular weight excluding hydrogens is 250 g/mol. The van der Waals surface area contributed by atoms with E-state index >= 15 is 0 Å². The van der Waals surface area contributed by atoms with E-state index in [-0.39, 0.29) is 17.7 Å². The van der Waals surface area contributed by atoms with Crippen molar-refractivity contribution in [1.82, 2.24) is 5.32 Å². The van der Waals surface area contributed by atoms with E-state index in [1.54, 1.807) is 24.3 Å². The molecule has 100 valence electrons. The number of benzene rings is 2. The van der Waals surface area contributed by atoms with Gasteiger partial charge in [0, 0.05) is 5.56 Å². The number of carbonyl (C=O) groups excluding carboxylic acids is 2. The van der Waals surface area contributed by atoms with Gasteiger partial charge in [0.15, 0.2) is 0 Å². The highest BCUT2D eigenvalue weighted by atomic mass is 16.2. The van der Waals surface area contributed by atoms with Gasteiger partial charge in [0.1, 0.15) is 0 Å². The number of rotatable bonds is 2. The van der Waals surface area contributed by atoms with Gasteiger partial charge in [0.25, 0.3) is 5.91 Å². The molecule has 0 spiro atoms. The maximum atomic E-state index is 12.3. The molecule has 1 unspecified atom stereocenters. The normalized spacial score (nSPS) is 16.5. The van der Waals surface area contributed by atoms with Crippen LogP contribution >= 0.6 is 0 Å². The first-order valence-corrected chi connectivity index (χ1v) is 6.74. The van der Waals surface area contributed by atoms with E-state index in [1.165, 1.54) is 5.56 Å². The van der Waals surface area contributed by atoms with Gasteiger partial charge in [-0.3, -0.25) is 14.9 Å². The van der Waals surface area contributed by atoms with Crippen LogP contribution < -0.4 is 5.32 Å². The third-order valence-electron chi connectivity index (χ3n) is 3.72. The van der Waals surface area contributed by atoms with Gasteiger partial charge < -0.3 is 0 Å². The predicted molar refractivity (Wildman–Crippen MR) is 76.4 cm³/mol. The molecule has 0 saturated carbocycles. The molecule has 3 rings (SSSR count). The lowest BCUT2D eigenvalue weighted by Gasteiger charge is -2.11. The Labute approximate surface area is 117 Å². The molecule has 1 atom stereocenters. The second-order valence-corrected chi connectivity index (χ2v) is 4.97. The number of aryl methyl sites for hydroxylation is 1. The van der Waals surface area contributed by atoms with Crippen molar-refractivity contribution >= 4 is 11.8 Å². The van der Waals surface area contributed by atoms with Gasteiger partial charge in [-0.2, -0.15) is 0 Å². The lowest BCUT2D eigenvalue weighted by Crippen LogP contribution is -2.34. The van der Waals surface area contributed by atoms with E-state index in [0.717, 1.165) is 18.4 Å². The van der Waals surface area contributed by atoms with Gasteiger partial charge in [-0.05, 0) is 36.1 Å². The van der Waals surface area contributed by atoms with E-state index in [2.05, 4.69) is 5.32 Å². The van der Waals surface area contributed by atoms with Crippen molar-refractivity contribution in [3.8, 4) is 0 Å². The molecule has 0 bridgehead atoms. The minimum atomic E-state index is -0.333. The van der Waals surface area contributed by atoms with Crippen LogP contribution in [-0.4, -0.2) is 11.8 Å². The molecule has 1 aliphatic rings. The van der Waals surface area contributed by atoms with Gasteiger partial charge in [0.05, 0.1) is 5.92 Å². The monoisotopic (exact) mass is 265 g/mol. The quantitative estimate of drug-likeness (QED) is 0.848. The van der Waals surface area contributed by atoms with E-state index in [0.29, 0.717) is 5.56 Å². The van der Waals surface area contributed by atoms with Crippen LogP contribution in [0.25, 0.3) is 0 Å². The molecule has 0 aromatic heterocycles. The molecule has 0 heterocycles. The number of carbonyl (C=O) groups is 2. The standard InChI is InChI=1S/C17H15NO2/c19-16(13-7-2-1-3-8-13)18-17(20)15-11-10-12-6-4-5-9-14(12)15/h1-9,15H,10-11H2,(H,18,19,20). The zero-order chi connectivity index (χ0) is 13.9.